The third-order valence-corrected chi connectivity index (χ3v) is 2.96. The van der Waals surface area contributed by atoms with Crippen molar-refractivity contribution in [2.75, 3.05) is 5.73 Å². The second-order valence-corrected chi connectivity index (χ2v) is 4.58. The van der Waals surface area contributed by atoms with E-state index in [-0.39, 0.29) is 16.9 Å². The minimum absolute atomic E-state index is 0.151. The predicted molar refractivity (Wildman–Crippen MR) is 73.8 cm³/mol. The number of hydrogen-bond acceptors (Lipinski definition) is 3. The molecule has 0 aromatic carbocycles. The fraction of sp³-hybridized carbons (Fsp3) is 0.692. The van der Waals surface area contributed by atoms with Crippen LogP contribution in [0.4, 0.5) is 5.69 Å². The first-order valence-electron chi connectivity index (χ1n) is 6.71. The average molecular weight is 253 g/mol. The Kier molecular flexibility index (Phi) is 5.68. The first-order valence-corrected chi connectivity index (χ1v) is 6.71. The van der Waals surface area contributed by atoms with Crippen LogP contribution in [0.5, 0.6) is 0 Å². The summed E-state index contributed by atoms with van der Waals surface area (Å²) in [6.07, 6.45) is 6.43. The van der Waals surface area contributed by atoms with Gasteiger partial charge in [-0.25, -0.2) is 4.79 Å². The van der Waals surface area contributed by atoms with E-state index >= 15 is 0 Å². The molecule has 1 aromatic rings. The van der Waals surface area contributed by atoms with Crippen molar-refractivity contribution >= 4 is 5.69 Å². The Bertz CT molecular complexity index is 488. The highest BCUT2D eigenvalue weighted by molar-refractivity contribution is 5.30. The minimum Gasteiger partial charge on any atom is -0.393 e. The van der Waals surface area contributed by atoms with Gasteiger partial charge in [-0.15, -0.1) is 0 Å². The van der Waals surface area contributed by atoms with Gasteiger partial charge in [-0.1, -0.05) is 33.1 Å². The van der Waals surface area contributed by atoms with Crippen molar-refractivity contribution in [2.24, 2.45) is 0 Å². The molecule has 0 radical (unpaired) electrons. The molecule has 0 saturated heterocycles. The highest BCUT2D eigenvalue weighted by Crippen LogP contribution is 2.00. The maximum absolute atomic E-state index is 12.1. The van der Waals surface area contributed by atoms with Crippen LogP contribution in [-0.4, -0.2) is 9.13 Å². The average Bonchev–Trinajstić information content (AvgIpc) is 2.35. The minimum atomic E-state index is -0.358. The van der Waals surface area contributed by atoms with Crippen LogP contribution in [-0.2, 0) is 13.1 Å². The SMILES string of the molecule is CCCCCCn1c(=O)c(N)cn(CCC)c1=O. The number of hydrogen-bond donors (Lipinski definition) is 1. The molecule has 18 heavy (non-hydrogen) atoms. The van der Waals surface area contributed by atoms with Crippen LogP contribution in [0.3, 0.4) is 0 Å². The lowest BCUT2D eigenvalue weighted by molar-refractivity contribution is 0.513. The van der Waals surface area contributed by atoms with E-state index in [9.17, 15) is 9.59 Å². The van der Waals surface area contributed by atoms with Gasteiger partial charge >= 0.3 is 5.69 Å². The van der Waals surface area contributed by atoms with E-state index in [1.165, 1.54) is 15.3 Å². The van der Waals surface area contributed by atoms with Gasteiger partial charge in [0.15, 0.2) is 0 Å². The number of aromatic nitrogens is 2. The van der Waals surface area contributed by atoms with Crippen molar-refractivity contribution in [3.05, 3.63) is 27.0 Å². The van der Waals surface area contributed by atoms with Gasteiger partial charge in [0.2, 0.25) is 0 Å². The van der Waals surface area contributed by atoms with Crippen LogP contribution < -0.4 is 17.0 Å². The Morgan fingerprint density at radius 1 is 1.06 bits per heavy atom. The lowest BCUT2D eigenvalue weighted by atomic mass is 10.2. The highest BCUT2D eigenvalue weighted by Gasteiger charge is 2.08. The molecule has 0 bridgehead atoms. The van der Waals surface area contributed by atoms with Crippen LogP contribution in [0.1, 0.15) is 46.0 Å². The number of unbranched alkanes of at least 4 members (excludes halogenated alkanes) is 3. The smallest absolute Gasteiger partial charge is 0.331 e. The molecule has 0 atom stereocenters. The van der Waals surface area contributed by atoms with Crippen LogP contribution >= 0.6 is 0 Å². The van der Waals surface area contributed by atoms with Crippen molar-refractivity contribution in [1.82, 2.24) is 9.13 Å². The summed E-state index contributed by atoms with van der Waals surface area (Å²) in [6, 6.07) is 0. The summed E-state index contributed by atoms with van der Waals surface area (Å²) in [5.74, 6) is 0. The summed E-state index contributed by atoms with van der Waals surface area (Å²) < 4.78 is 2.79. The molecule has 1 heterocycles. The number of nitrogen functional groups attached to an aromatic ring is 1. The Hall–Kier alpha value is -1.52. The van der Waals surface area contributed by atoms with E-state index in [4.69, 9.17) is 5.73 Å². The fourth-order valence-corrected chi connectivity index (χ4v) is 1.97. The van der Waals surface area contributed by atoms with Gasteiger partial charge in [-0.3, -0.25) is 13.9 Å². The molecule has 102 valence electrons. The van der Waals surface area contributed by atoms with Crippen molar-refractivity contribution < 1.29 is 0 Å². The third kappa shape index (κ3) is 3.48. The predicted octanol–water partition coefficient (Wildman–Crippen LogP) is 1.58. The summed E-state index contributed by atoms with van der Waals surface area (Å²) >= 11 is 0. The number of aryl methyl sites for hydroxylation is 1. The summed E-state index contributed by atoms with van der Waals surface area (Å²) in [5.41, 5.74) is 5.21. The topological polar surface area (TPSA) is 70.0 Å². The van der Waals surface area contributed by atoms with Crippen molar-refractivity contribution in [3.8, 4) is 0 Å². The van der Waals surface area contributed by atoms with E-state index < -0.39 is 0 Å². The monoisotopic (exact) mass is 253 g/mol. The largest absolute Gasteiger partial charge is 0.393 e. The molecule has 0 saturated carbocycles. The summed E-state index contributed by atoms with van der Waals surface area (Å²) in [5, 5.41) is 0. The van der Waals surface area contributed by atoms with Gasteiger partial charge in [-0.2, -0.15) is 0 Å². The zero-order chi connectivity index (χ0) is 13.5. The fourth-order valence-electron chi connectivity index (χ4n) is 1.97. The maximum atomic E-state index is 12.1. The normalized spacial score (nSPS) is 10.8. The van der Waals surface area contributed by atoms with E-state index in [0.717, 1.165) is 32.1 Å². The Morgan fingerprint density at radius 2 is 1.78 bits per heavy atom. The Morgan fingerprint density at radius 3 is 2.39 bits per heavy atom. The van der Waals surface area contributed by atoms with Gasteiger partial charge < -0.3 is 5.73 Å². The van der Waals surface area contributed by atoms with Gasteiger partial charge in [0, 0.05) is 19.3 Å². The second-order valence-electron chi connectivity index (χ2n) is 4.58. The van der Waals surface area contributed by atoms with E-state index in [1.807, 2.05) is 6.92 Å². The quantitative estimate of drug-likeness (QED) is 0.750. The van der Waals surface area contributed by atoms with Gasteiger partial charge in [0.05, 0.1) is 0 Å². The Balaban J connectivity index is 2.94. The van der Waals surface area contributed by atoms with Gasteiger partial charge in [0.1, 0.15) is 5.69 Å². The van der Waals surface area contributed by atoms with Crippen molar-refractivity contribution in [1.29, 1.82) is 0 Å². The van der Waals surface area contributed by atoms with Crippen LogP contribution in [0.15, 0.2) is 15.8 Å². The number of nitrogens with zero attached hydrogens (tertiary/aromatic N) is 2. The zero-order valence-corrected chi connectivity index (χ0v) is 11.3. The van der Waals surface area contributed by atoms with Crippen LogP contribution in [0.25, 0.3) is 0 Å². The van der Waals surface area contributed by atoms with Crippen LogP contribution in [0.2, 0.25) is 0 Å². The molecular formula is C13H23N3O2. The molecule has 2 N–H and O–H groups in total. The number of rotatable bonds is 7. The van der Waals surface area contributed by atoms with Gasteiger partial charge in [-0.05, 0) is 12.8 Å². The lowest BCUT2D eigenvalue weighted by Crippen LogP contribution is -2.40. The number of nitrogens with two attached hydrogens (primary N) is 1. The maximum Gasteiger partial charge on any atom is 0.331 e. The molecule has 5 nitrogen and oxygen atoms in total. The summed E-state index contributed by atoms with van der Waals surface area (Å²) in [6.45, 7) is 5.17. The molecule has 0 aliphatic heterocycles. The first-order chi connectivity index (χ1) is 8.61. The van der Waals surface area contributed by atoms with Crippen molar-refractivity contribution in [3.63, 3.8) is 0 Å². The molecule has 1 rings (SSSR count). The first kappa shape index (κ1) is 14.5. The molecule has 0 fully saturated rings. The lowest BCUT2D eigenvalue weighted by Gasteiger charge is -2.10. The van der Waals surface area contributed by atoms with E-state index in [0.29, 0.717) is 13.1 Å². The molecule has 0 amide bonds. The van der Waals surface area contributed by atoms with E-state index in [1.54, 1.807) is 0 Å². The second kappa shape index (κ2) is 7.03. The molecule has 5 heteroatoms. The molecular weight excluding hydrogens is 230 g/mol. The molecule has 0 unspecified atom stereocenters. The molecule has 0 aliphatic carbocycles. The zero-order valence-electron chi connectivity index (χ0n) is 11.3. The van der Waals surface area contributed by atoms with Crippen LogP contribution in [0, 0.1) is 0 Å². The number of anilines is 1. The standard InChI is InChI=1S/C13H23N3O2/c1-3-5-6-7-9-16-12(17)11(14)10-15(8-4-2)13(16)18/h10H,3-9,14H2,1-2H3. The highest BCUT2D eigenvalue weighted by atomic mass is 16.2. The summed E-state index contributed by atoms with van der Waals surface area (Å²) in [4.78, 5) is 23.9. The van der Waals surface area contributed by atoms with E-state index in [2.05, 4.69) is 6.92 Å². The Labute approximate surface area is 107 Å². The third-order valence-electron chi connectivity index (χ3n) is 2.96. The molecule has 0 aliphatic rings. The molecule has 0 spiro atoms. The van der Waals surface area contributed by atoms with Crippen molar-refractivity contribution in [2.45, 2.75) is 59.0 Å². The van der Waals surface area contributed by atoms with Gasteiger partial charge in [0.25, 0.3) is 5.56 Å². The summed E-state index contributed by atoms with van der Waals surface area (Å²) in [7, 11) is 0. The molecule has 1 aromatic heterocycles.